The Morgan fingerprint density at radius 2 is 2.32 bits per heavy atom. The normalized spacial score (nSPS) is 20.4. The van der Waals surface area contributed by atoms with Crippen LogP contribution in [0.15, 0.2) is 18.5 Å². The van der Waals surface area contributed by atoms with Gasteiger partial charge in [0.05, 0.1) is 24.2 Å². The molecule has 8 heteroatoms. The van der Waals surface area contributed by atoms with E-state index in [2.05, 4.69) is 15.5 Å². The molecule has 1 N–H and O–H groups in total. The topological polar surface area (TPSA) is 92.3 Å². The van der Waals surface area contributed by atoms with Crippen LogP contribution in [0.1, 0.15) is 23.2 Å². The lowest BCUT2D eigenvalue weighted by Gasteiger charge is -2.22. The molecule has 1 aromatic rings. The monoisotopic (exact) mass is 284 g/mol. The zero-order valence-corrected chi connectivity index (χ0v) is 11.4. The van der Waals surface area contributed by atoms with Gasteiger partial charge in [-0.2, -0.15) is 14.5 Å². The van der Waals surface area contributed by atoms with Gasteiger partial charge in [0, 0.05) is 19.1 Å². The summed E-state index contributed by atoms with van der Waals surface area (Å²) in [5, 5.41) is 9.94. The minimum Gasteiger partial charge on any atom is -0.350 e. The van der Waals surface area contributed by atoms with Gasteiger partial charge in [-0.3, -0.25) is 4.79 Å². The zero-order valence-electron chi connectivity index (χ0n) is 10.6. The van der Waals surface area contributed by atoms with Crippen LogP contribution in [0, 0.1) is 0 Å². The Labute approximate surface area is 112 Å². The zero-order chi connectivity index (χ0) is 13.9. The number of aromatic nitrogens is 2. The van der Waals surface area contributed by atoms with Crippen LogP contribution in [0.5, 0.6) is 0 Å². The molecular formula is C11H16N4O3S. The van der Waals surface area contributed by atoms with Crippen molar-refractivity contribution in [1.29, 1.82) is 0 Å². The fourth-order valence-corrected chi connectivity index (χ4v) is 3.37. The van der Waals surface area contributed by atoms with Crippen molar-refractivity contribution in [3.63, 3.8) is 0 Å². The molecule has 1 atom stereocenters. The number of sulfonamides is 1. The Kier molecular flexibility index (Phi) is 4.11. The van der Waals surface area contributed by atoms with Gasteiger partial charge in [-0.1, -0.05) is 0 Å². The van der Waals surface area contributed by atoms with Crippen LogP contribution in [-0.4, -0.2) is 54.2 Å². The van der Waals surface area contributed by atoms with Gasteiger partial charge in [-0.25, -0.2) is 8.42 Å². The lowest BCUT2D eigenvalue weighted by Crippen LogP contribution is -2.42. The molecule has 0 aromatic carbocycles. The quantitative estimate of drug-likeness (QED) is 0.814. The maximum absolute atomic E-state index is 11.8. The van der Waals surface area contributed by atoms with Crippen molar-refractivity contribution in [2.45, 2.75) is 18.9 Å². The summed E-state index contributed by atoms with van der Waals surface area (Å²) in [6.45, 7) is 0.838. The average Bonchev–Trinajstić information content (AvgIpc) is 2.85. The number of hydrogen-bond acceptors (Lipinski definition) is 5. The highest BCUT2D eigenvalue weighted by Gasteiger charge is 2.31. The van der Waals surface area contributed by atoms with Gasteiger partial charge in [0.1, 0.15) is 0 Å². The molecule has 19 heavy (non-hydrogen) atoms. The van der Waals surface area contributed by atoms with E-state index in [1.165, 1.54) is 23.0 Å². The van der Waals surface area contributed by atoms with E-state index in [1.54, 1.807) is 6.07 Å². The maximum atomic E-state index is 11.8. The summed E-state index contributed by atoms with van der Waals surface area (Å²) in [5.74, 6) is -0.268. The molecular weight excluding hydrogens is 268 g/mol. The van der Waals surface area contributed by atoms with E-state index in [9.17, 15) is 13.2 Å². The van der Waals surface area contributed by atoms with Crippen LogP contribution in [0.3, 0.4) is 0 Å². The number of carbonyl (C=O) groups is 1. The van der Waals surface area contributed by atoms with Gasteiger partial charge in [-0.15, -0.1) is 0 Å². The van der Waals surface area contributed by atoms with E-state index in [0.717, 1.165) is 12.8 Å². The molecule has 1 aliphatic heterocycles. The van der Waals surface area contributed by atoms with Gasteiger partial charge in [0.25, 0.3) is 5.91 Å². The largest absolute Gasteiger partial charge is 0.350 e. The molecule has 1 aliphatic rings. The third kappa shape index (κ3) is 3.48. The van der Waals surface area contributed by atoms with Crippen molar-refractivity contribution in [2.24, 2.45) is 0 Å². The number of nitrogens with zero attached hydrogens (tertiary/aromatic N) is 3. The van der Waals surface area contributed by atoms with Crippen molar-refractivity contribution in [3.05, 3.63) is 24.0 Å². The molecule has 2 heterocycles. The number of carbonyl (C=O) groups excluding carboxylic acids is 1. The predicted octanol–water partition coefficient (Wildman–Crippen LogP) is -0.370. The van der Waals surface area contributed by atoms with Crippen LogP contribution in [0.4, 0.5) is 0 Å². The predicted molar refractivity (Wildman–Crippen MR) is 68.9 cm³/mol. The molecule has 0 saturated carbocycles. The number of rotatable bonds is 4. The van der Waals surface area contributed by atoms with Gasteiger partial charge in [-0.05, 0) is 18.9 Å². The SMILES string of the molecule is CS(=O)(=O)N1CCC[C@@H]1CNC(=O)c1ccnnc1. The Morgan fingerprint density at radius 1 is 1.53 bits per heavy atom. The van der Waals surface area contributed by atoms with Crippen molar-refractivity contribution in [3.8, 4) is 0 Å². The van der Waals surface area contributed by atoms with E-state index >= 15 is 0 Å². The molecule has 1 saturated heterocycles. The number of hydrogen-bond donors (Lipinski definition) is 1. The highest BCUT2D eigenvalue weighted by molar-refractivity contribution is 7.88. The van der Waals surface area contributed by atoms with E-state index in [-0.39, 0.29) is 11.9 Å². The third-order valence-corrected chi connectivity index (χ3v) is 4.43. The molecule has 2 rings (SSSR count). The Hall–Kier alpha value is -1.54. The molecule has 0 bridgehead atoms. The summed E-state index contributed by atoms with van der Waals surface area (Å²) in [7, 11) is -3.20. The van der Waals surface area contributed by atoms with E-state index in [4.69, 9.17) is 0 Å². The van der Waals surface area contributed by atoms with Crippen LogP contribution in [-0.2, 0) is 10.0 Å². The minimum atomic E-state index is -3.20. The molecule has 0 aliphatic carbocycles. The molecule has 1 fully saturated rings. The van der Waals surface area contributed by atoms with Crippen molar-refractivity contribution >= 4 is 15.9 Å². The summed E-state index contributed by atoms with van der Waals surface area (Å²) < 4.78 is 24.5. The van der Waals surface area contributed by atoms with Gasteiger partial charge in [0.15, 0.2) is 0 Å². The number of nitrogens with one attached hydrogen (secondary N) is 1. The van der Waals surface area contributed by atoms with Crippen LogP contribution in [0.25, 0.3) is 0 Å². The van der Waals surface area contributed by atoms with Crippen LogP contribution < -0.4 is 5.32 Å². The van der Waals surface area contributed by atoms with Crippen molar-refractivity contribution in [2.75, 3.05) is 19.3 Å². The highest BCUT2D eigenvalue weighted by Crippen LogP contribution is 2.19. The summed E-state index contributed by atoms with van der Waals surface area (Å²) in [6.07, 6.45) is 5.60. The van der Waals surface area contributed by atoms with Crippen molar-refractivity contribution in [1.82, 2.24) is 19.8 Å². The maximum Gasteiger partial charge on any atom is 0.253 e. The summed E-state index contributed by atoms with van der Waals surface area (Å²) in [6, 6.07) is 1.40. The fraction of sp³-hybridized carbons (Fsp3) is 0.545. The van der Waals surface area contributed by atoms with Crippen LogP contribution >= 0.6 is 0 Å². The summed E-state index contributed by atoms with van der Waals surface area (Å²) in [5.41, 5.74) is 0.416. The molecule has 0 spiro atoms. The fourth-order valence-electron chi connectivity index (χ4n) is 2.19. The molecule has 1 aromatic heterocycles. The first-order valence-electron chi connectivity index (χ1n) is 6.00. The summed E-state index contributed by atoms with van der Waals surface area (Å²) >= 11 is 0. The standard InChI is InChI=1S/C11H16N4O3S/c1-19(17,18)15-6-2-3-10(15)8-12-11(16)9-4-5-13-14-7-9/h4-5,7,10H,2-3,6,8H2,1H3,(H,12,16)/t10-/m1/s1. The second kappa shape index (κ2) is 5.62. The first-order valence-corrected chi connectivity index (χ1v) is 7.85. The summed E-state index contributed by atoms with van der Waals surface area (Å²) in [4.78, 5) is 11.8. The van der Waals surface area contributed by atoms with Gasteiger partial charge >= 0.3 is 0 Å². The van der Waals surface area contributed by atoms with E-state index < -0.39 is 10.0 Å². The molecule has 1 amide bonds. The Bertz CT molecular complexity index is 546. The van der Waals surface area contributed by atoms with Gasteiger partial charge < -0.3 is 5.32 Å². The highest BCUT2D eigenvalue weighted by atomic mass is 32.2. The van der Waals surface area contributed by atoms with Crippen molar-refractivity contribution < 1.29 is 13.2 Å². The first-order chi connectivity index (χ1) is 8.98. The lowest BCUT2D eigenvalue weighted by molar-refractivity contribution is 0.0946. The first kappa shape index (κ1) is 13.9. The van der Waals surface area contributed by atoms with Gasteiger partial charge in [0.2, 0.25) is 10.0 Å². The second-order valence-corrected chi connectivity index (χ2v) is 6.45. The second-order valence-electron chi connectivity index (χ2n) is 4.51. The number of amides is 1. The lowest BCUT2D eigenvalue weighted by atomic mass is 10.2. The Morgan fingerprint density at radius 3 is 2.95 bits per heavy atom. The average molecular weight is 284 g/mol. The molecule has 7 nitrogen and oxygen atoms in total. The Balaban J connectivity index is 1.94. The van der Waals surface area contributed by atoms with E-state index in [0.29, 0.717) is 18.7 Å². The van der Waals surface area contributed by atoms with Crippen LogP contribution in [0.2, 0.25) is 0 Å². The minimum absolute atomic E-state index is 0.159. The molecule has 0 radical (unpaired) electrons. The van der Waals surface area contributed by atoms with E-state index in [1.807, 2.05) is 0 Å². The molecule has 104 valence electrons. The molecule has 0 unspecified atom stereocenters. The smallest absolute Gasteiger partial charge is 0.253 e. The third-order valence-electron chi connectivity index (χ3n) is 3.09.